The average Bonchev–Trinajstić information content (AvgIpc) is 2.86. The van der Waals surface area contributed by atoms with Gasteiger partial charge in [-0.1, -0.05) is 18.2 Å². The maximum absolute atomic E-state index is 13.1. The number of hydrogen-bond acceptors (Lipinski definition) is 3. The number of nitrogens with one attached hydrogen (secondary N) is 1. The Morgan fingerprint density at radius 3 is 2.37 bits per heavy atom. The van der Waals surface area contributed by atoms with Gasteiger partial charge in [0.1, 0.15) is 5.57 Å². The lowest BCUT2D eigenvalue weighted by atomic mass is 10.1. The summed E-state index contributed by atoms with van der Waals surface area (Å²) in [6.07, 6.45) is 1.66. The van der Waals surface area contributed by atoms with Gasteiger partial charge in [0.25, 0.3) is 11.8 Å². The Kier molecular flexibility index (Phi) is 5.02. The molecule has 1 N–H and O–H groups in total. The molecule has 0 unspecified atom stereocenters. The molecule has 1 aliphatic rings. The molecule has 0 atom stereocenters. The molecule has 1 aromatic heterocycles. The van der Waals surface area contributed by atoms with E-state index in [1.807, 2.05) is 51.1 Å². The van der Waals surface area contributed by atoms with Crippen molar-refractivity contribution < 1.29 is 9.59 Å². The first-order valence-corrected chi connectivity index (χ1v) is 9.28. The molecule has 27 heavy (non-hydrogen) atoms. The second-order valence-electron chi connectivity index (χ2n) is 7.03. The van der Waals surface area contributed by atoms with E-state index >= 15 is 0 Å². The van der Waals surface area contributed by atoms with Crippen LogP contribution in [0.15, 0.2) is 35.9 Å². The van der Waals surface area contributed by atoms with Crippen LogP contribution < -0.4 is 10.2 Å². The van der Waals surface area contributed by atoms with Crippen LogP contribution in [0.25, 0.3) is 6.08 Å². The highest BCUT2D eigenvalue weighted by Crippen LogP contribution is 2.27. The Morgan fingerprint density at radius 1 is 1.11 bits per heavy atom. The highest BCUT2D eigenvalue weighted by molar-refractivity contribution is 7.80. The van der Waals surface area contributed by atoms with Crippen molar-refractivity contribution in [3.8, 4) is 0 Å². The molecule has 0 bridgehead atoms. The van der Waals surface area contributed by atoms with E-state index in [1.165, 1.54) is 4.90 Å². The summed E-state index contributed by atoms with van der Waals surface area (Å²) < 4.78 is 2.18. The molecular formula is C21H23N3O2S. The molecule has 1 saturated heterocycles. The standard InChI is InChI=1S/C21H23N3O2S/c1-12(2)23-14(4)10-16(15(23)5)11-17-19(25)22-21(27)24(20(17)26)18-9-7-6-8-13(18)3/h6-12H,1-5H3,(H,22,25,27)/b17-11+. The van der Waals surface area contributed by atoms with Crippen molar-refractivity contribution in [3.63, 3.8) is 0 Å². The van der Waals surface area contributed by atoms with Crippen LogP contribution in [0.4, 0.5) is 5.69 Å². The smallest absolute Gasteiger partial charge is 0.270 e. The number of rotatable bonds is 3. The average molecular weight is 382 g/mol. The quantitative estimate of drug-likeness (QED) is 0.499. The lowest BCUT2D eigenvalue weighted by Crippen LogP contribution is -2.54. The lowest BCUT2D eigenvalue weighted by molar-refractivity contribution is -0.122. The third-order valence-corrected chi connectivity index (χ3v) is 5.08. The summed E-state index contributed by atoms with van der Waals surface area (Å²) in [6, 6.07) is 9.75. The summed E-state index contributed by atoms with van der Waals surface area (Å²) in [5.74, 6) is -0.878. The number of carbonyl (C=O) groups is 2. The fraction of sp³-hybridized carbons (Fsp3) is 0.286. The fourth-order valence-corrected chi connectivity index (χ4v) is 3.86. The molecule has 0 radical (unpaired) electrons. The molecule has 140 valence electrons. The highest BCUT2D eigenvalue weighted by atomic mass is 32.1. The van der Waals surface area contributed by atoms with E-state index in [4.69, 9.17) is 12.2 Å². The minimum Gasteiger partial charge on any atom is -0.346 e. The Bertz CT molecular complexity index is 985. The topological polar surface area (TPSA) is 54.3 Å². The second kappa shape index (κ2) is 7.12. The number of anilines is 1. The lowest BCUT2D eigenvalue weighted by Gasteiger charge is -2.30. The largest absolute Gasteiger partial charge is 0.346 e. The first-order chi connectivity index (χ1) is 12.7. The van der Waals surface area contributed by atoms with Gasteiger partial charge in [0, 0.05) is 17.4 Å². The molecule has 2 amide bonds. The van der Waals surface area contributed by atoms with Gasteiger partial charge in [-0.15, -0.1) is 0 Å². The summed E-state index contributed by atoms with van der Waals surface area (Å²) in [7, 11) is 0. The number of thiocarbonyl (C=S) groups is 1. The van der Waals surface area contributed by atoms with E-state index in [0.717, 1.165) is 22.5 Å². The van der Waals surface area contributed by atoms with Gasteiger partial charge in [0.2, 0.25) is 0 Å². The molecule has 0 spiro atoms. The number of nitrogens with zero attached hydrogens (tertiary/aromatic N) is 2. The zero-order valence-corrected chi connectivity index (χ0v) is 17.0. The minimum absolute atomic E-state index is 0.0795. The summed E-state index contributed by atoms with van der Waals surface area (Å²) in [5.41, 5.74) is 4.62. The number of aromatic nitrogens is 1. The number of benzene rings is 1. The summed E-state index contributed by atoms with van der Waals surface area (Å²) in [4.78, 5) is 27.0. The van der Waals surface area contributed by atoms with Gasteiger partial charge in [-0.2, -0.15) is 0 Å². The number of carbonyl (C=O) groups excluding carboxylic acids is 2. The van der Waals surface area contributed by atoms with Crippen LogP contribution in [0.2, 0.25) is 0 Å². The number of para-hydroxylation sites is 1. The predicted octanol–water partition coefficient (Wildman–Crippen LogP) is 3.83. The van der Waals surface area contributed by atoms with E-state index in [-0.39, 0.29) is 10.7 Å². The third kappa shape index (κ3) is 3.32. The first-order valence-electron chi connectivity index (χ1n) is 8.88. The van der Waals surface area contributed by atoms with Crippen molar-refractivity contribution in [1.29, 1.82) is 0 Å². The van der Waals surface area contributed by atoms with Crippen molar-refractivity contribution in [1.82, 2.24) is 9.88 Å². The van der Waals surface area contributed by atoms with Crippen molar-refractivity contribution in [2.45, 2.75) is 40.7 Å². The number of amides is 2. The molecule has 1 aliphatic heterocycles. The molecule has 1 aromatic carbocycles. The Morgan fingerprint density at radius 2 is 1.78 bits per heavy atom. The van der Waals surface area contributed by atoms with Crippen molar-refractivity contribution in [2.75, 3.05) is 4.90 Å². The van der Waals surface area contributed by atoms with E-state index < -0.39 is 11.8 Å². The Hall–Kier alpha value is -2.73. The molecule has 0 saturated carbocycles. The molecule has 1 fully saturated rings. The summed E-state index contributed by atoms with van der Waals surface area (Å²) >= 11 is 5.27. The maximum Gasteiger partial charge on any atom is 0.270 e. The van der Waals surface area contributed by atoms with Crippen molar-refractivity contribution in [3.05, 3.63) is 58.4 Å². The second-order valence-corrected chi connectivity index (χ2v) is 7.42. The van der Waals surface area contributed by atoms with Gasteiger partial charge in [0.05, 0.1) is 5.69 Å². The maximum atomic E-state index is 13.1. The highest BCUT2D eigenvalue weighted by Gasteiger charge is 2.35. The van der Waals surface area contributed by atoms with Gasteiger partial charge in [-0.05, 0) is 76.2 Å². The molecule has 2 heterocycles. The molecule has 3 rings (SSSR count). The van der Waals surface area contributed by atoms with E-state index in [2.05, 4.69) is 23.7 Å². The molecule has 5 nitrogen and oxygen atoms in total. The van der Waals surface area contributed by atoms with Crippen LogP contribution >= 0.6 is 12.2 Å². The zero-order chi connectivity index (χ0) is 19.9. The number of hydrogen-bond donors (Lipinski definition) is 1. The Labute approximate surface area is 164 Å². The van der Waals surface area contributed by atoms with Gasteiger partial charge >= 0.3 is 0 Å². The molecule has 2 aromatic rings. The van der Waals surface area contributed by atoms with Gasteiger partial charge in [-0.25, -0.2) is 0 Å². The van der Waals surface area contributed by atoms with E-state index in [1.54, 1.807) is 6.08 Å². The normalized spacial score (nSPS) is 16.4. The minimum atomic E-state index is -0.468. The predicted molar refractivity (Wildman–Crippen MR) is 112 cm³/mol. The van der Waals surface area contributed by atoms with Gasteiger partial charge in [0.15, 0.2) is 5.11 Å². The Balaban J connectivity index is 2.08. The first kappa shape index (κ1) is 19.0. The zero-order valence-electron chi connectivity index (χ0n) is 16.2. The molecule has 6 heteroatoms. The monoisotopic (exact) mass is 381 g/mol. The van der Waals surface area contributed by atoms with Crippen LogP contribution in [0, 0.1) is 20.8 Å². The van der Waals surface area contributed by atoms with E-state index in [9.17, 15) is 9.59 Å². The van der Waals surface area contributed by atoms with Crippen LogP contribution in [0.3, 0.4) is 0 Å². The van der Waals surface area contributed by atoms with Crippen LogP contribution in [0.5, 0.6) is 0 Å². The summed E-state index contributed by atoms with van der Waals surface area (Å²) in [6.45, 7) is 10.1. The van der Waals surface area contributed by atoms with Crippen LogP contribution in [0.1, 0.15) is 42.4 Å². The van der Waals surface area contributed by atoms with E-state index in [0.29, 0.717) is 11.7 Å². The van der Waals surface area contributed by atoms with Crippen molar-refractivity contribution in [2.24, 2.45) is 0 Å². The van der Waals surface area contributed by atoms with Gasteiger partial charge < -0.3 is 4.57 Å². The van der Waals surface area contributed by atoms with Gasteiger partial charge in [-0.3, -0.25) is 19.8 Å². The molecule has 0 aliphatic carbocycles. The van der Waals surface area contributed by atoms with Crippen molar-refractivity contribution >= 4 is 40.9 Å². The summed E-state index contributed by atoms with van der Waals surface area (Å²) in [5, 5.41) is 2.74. The fourth-order valence-electron chi connectivity index (χ4n) is 3.59. The SMILES string of the molecule is Cc1ccccc1N1C(=O)/C(=C/c2cc(C)n(C(C)C)c2C)C(=O)NC1=S. The molecular weight excluding hydrogens is 358 g/mol. The number of aryl methyl sites for hydroxylation is 2. The third-order valence-electron chi connectivity index (χ3n) is 4.80. The van der Waals surface area contributed by atoms with Crippen LogP contribution in [-0.2, 0) is 9.59 Å². The van der Waals surface area contributed by atoms with Crippen LogP contribution in [-0.4, -0.2) is 21.5 Å².